The predicted octanol–water partition coefficient (Wildman–Crippen LogP) is 5.70. The monoisotopic (exact) mass is 502 g/mol. The Kier molecular flexibility index (Phi) is 7.05. The minimum absolute atomic E-state index is 0.00568. The molecule has 1 amide bonds. The quantitative estimate of drug-likeness (QED) is 0.300. The molecule has 9 heteroatoms. The summed E-state index contributed by atoms with van der Waals surface area (Å²) < 4.78 is 22.1. The van der Waals surface area contributed by atoms with Crippen LogP contribution in [0.5, 0.6) is 11.5 Å². The van der Waals surface area contributed by atoms with Crippen LogP contribution in [0.3, 0.4) is 0 Å². The highest BCUT2D eigenvalue weighted by Gasteiger charge is 2.21. The lowest BCUT2D eigenvalue weighted by Gasteiger charge is -2.21. The molecule has 1 aliphatic rings. The molecule has 5 rings (SSSR count). The number of nitrogens with zero attached hydrogens (tertiary/aromatic N) is 3. The second-order valence-electron chi connectivity index (χ2n) is 9.65. The highest BCUT2D eigenvalue weighted by atomic mass is 19.1. The van der Waals surface area contributed by atoms with Crippen molar-refractivity contribution >= 4 is 34.4 Å². The van der Waals surface area contributed by atoms with Crippen LogP contribution in [-0.4, -0.2) is 33.5 Å². The largest absolute Gasteiger partial charge is 0.457 e. The van der Waals surface area contributed by atoms with Crippen molar-refractivity contribution in [2.75, 3.05) is 23.7 Å². The maximum atomic E-state index is 14.1. The molecule has 1 fully saturated rings. The van der Waals surface area contributed by atoms with Crippen LogP contribution in [0.15, 0.2) is 54.7 Å². The lowest BCUT2D eigenvalue weighted by molar-refractivity contribution is -0.120. The molecule has 2 aromatic heterocycles. The first-order chi connectivity index (χ1) is 17.9. The van der Waals surface area contributed by atoms with Crippen LogP contribution in [0.1, 0.15) is 38.2 Å². The molecular weight excluding hydrogens is 471 g/mol. The van der Waals surface area contributed by atoms with Crippen LogP contribution >= 0.6 is 0 Å². The van der Waals surface area contributed by atoms with Gasteiger partial charge < -0.3 is 25.3 Å². The molecule has 0 spiro atoms. The number of piperidine rings is 1. The molecule has 2 aromatic carbocycles. The molecule has 0 saturated carbocycles. The van der Waals surface area contributed by atoms with E-state index < -0.39 is 0 Å². The van der Waals surface area contributed by atoms with E-state index in [4.69, 9.17) is 9.72 Å². The number of pyridine rings is 1. The van der Waals surface area contributed by atoms with Gasteiger partial charge in [0, 0.05) is 37.0 Å². The third kappa shape index (κ3) is 5.56. The third-order valence-electron chi connectivity index (χ3n) is 6.65. The fraction of sp³-hybridized carbons (Fsp3) is 0.321. The Balaban J connectivity index is 1.31. The average molecular weight is 503 g/mol. The molecule has 0 radical (unpaired) electrons. The second kappa shape index (κ2) is 10.6. The number of fused-ring (bicyclic) bond motifs is 1. The Bertz CT molecular complexity index is 1430. The first-order valence-electron chi connectivity index (χ1n) is 12.6. The number of aryl methyl sites for hydroxylation is 1. The number of rotatable bonds is 7. The van der Waals surface area contributed by atoms with Crippen LogP contribution < -0.4 is 20.7 Å². The summed E-state index contributed by atoms with van der Waals surface area (Å²) in [6, 6.07) is 14.1. The van der Waals surface area contributed by atoms with E-state index in [0.717, 1.165) is 42.7 Å². The van der Waals surface area contributed by atoms with Crippen molar-refractivity contribution in [1.82, 2.24) is 19.9 Å². The van der Waals surface area contributed by atoms with E-state index in [-0.39, 0.29) is 23.6 Å². The number of carbonyl (C=O) groups excluding carboxylic acids is 1. The average Bonchev–Trinajstić information content (AvgIpc) is 3.20. The molecule has 0 atom stereocenters. The van der Waals surface area contributed by atoms with E-state index >= 15 is 0 Å². The Hall–Kier alpha value is -3.98. The van der Waals surface area contributed by atoms with Gasteiger partial charge in [-0.25, -0.2) is 14.4 Å². The molecule has 192 valence electrons. The highest BCUT2D eigenvalue weighted by molar-refractivity contribution is 5.91. The summed E-state index contributed by atoms with van der Waals surface area (Å²) in [4.78, 5) is 21.5. The zero-order valence-electron chi connectivity index (χ0n) is 21.2. The van der Waals surface area contributed by atoms with Crippen molar-refractivity contribution in [2.24, 2.45) is 13.0 Å². The number of benzene rings is 2. The molecule has 1 aliphatic heterocycles. The summed E-state index contributed by atoms with van der Waals surface area (Å²) in [7, 11) is 1.92. The maximum absolute atomic E-state index is 14.1. The standard InChI is InChI=1S/C28H31FN6O2/c1-17(2)22-14-19(4-6-23(22)29)32-28-33-24-15-20(5-7-25(24)35(28)3)37-21-10-13-31-26(16-21)34-27(36)18-8-11-30-12-9-18/h4-7,10,13-18,30H,8-9,11-12H2,1-3H3,(H,32,33)(H,31,34,36). The normalized spacial score (nSPS) is 14.2. The van der Waals surface area contributed by atoms with E-state index in [1.54, 1.807) is 24.4 Å². The number of nitrogens with one attached hydrogen (secondary N) is 3. The number of aromatic nitrogens is 3. The fourth-order valence-electron chi connectivity index (χ4n) is 4.54. The van der Waals surface area contributed by atoms with Crippen LogP contribution in [0.4, 0.5) is 21.8 Å². The van der Waals surface area contributed by atoms with E-state index in [2.05, 4.69) is 20.9 Å². The van der Waals surface area contributed by atoms with Crippen LogP contribution in [0.2, 0.25) is 0 Å². The van der Waals surface area contributed by atoms with Gasteiger partial charge >= 0.3 is 0 Å². The van der Waals surface area contributed by atoms with Gasteiger partial charge in [0.15, 0.2) is 0 Å². The summed E-state index contributed by atoms with van der Waals surface area (Å²) in [6.45, 7) is 5.63. The van der Waals surface area contributed by atoms with Gasteiger partial charge in [-0.05, 0) is 73.8 Å². The topological polar surface area (TPSA) is 93.1 Å². The molecule has 0 bridgehead atoms. The minimum atomic E-state index is -0.211. The smallest absolute Gasteiger partial charge is 0.228 e. The first-order valence-corrected chi connectivity index (χ1v) is 12.6. The molecule has 0 unspecified atom stereocenters. The first kappa shape index (κ1) is 24.7. The van der Waals surface area contributed by atoms with Crippen molar-refractivity contribution < 1.29 is 13.9 Å². The minimum Gasteiger partial charge on any atom is -0.457 e. The Morgan fingerprint density at radius 1 is 1.11 bits per heavy atom. The van der Waals surface area contributed by atoms with E-state index in [0.29, 0.717) is 28.8 Å². The van der Waals surface area contributed by atoms with E-state index in [1.165, 1.54) is 6.07 Å². The summed E-state index contributed by atoms with van der Waals surface area (Å²) >= 11 is 0. The lowest BCUT2D eigenvalue weighted by Crippen LogP contribution is -2.34. The fourth-order valence-corrected chi connectivity index (χ4v) is 4.54. The van der Waals surface area contributed by atoms with Gasteiger partial charge in [-0.3, -0.25) is 4.79 Å². The number of carbonyl (C=O) groups is 1. The zero-order chi connectivity index (χ0) is 25.9. The number of ether oxygens (including phenoxy) is 1. The summed E-state index contributed by atoms with van der Waals surface area (Å²) in [5, 5.41) is 9.48. The third-order valence-corrected chi connectivity index (χ3v) is 6.65. The van der Waals surface area contributed by atoms with Crippen molar-refractivity contribution in [1.29, 1.82) is 0 Å². The van der Waals surface area contributed by atoms with Crippen molar-refractivity contribution in [2.45, 2.75) is 32.6 Å². The van der Waals surface area contributed by atoms with Gasteiger partial charge in [-0.2, -0.15) is 0 Å². The molecule has 1 saturated heterocycles. The number of imidazole rings is 1. The molecule has 4 aromatic rings. The molecular formula is C28H31FN6O2. The number of amides is 1. The molecule has 3 N–H and O–H groups in total. The SMILES string of the molecule is CC(C)c1cc(Nc2nc3cc(Oc4ccnc(NC(=O)C5CCNCC5)c4)ccc3n2C)ccc1F. The van der Waals surface area contributed by atoms with Gasteiger partial charge in [0.05, 0.1) is 11.0 Å². The predicted molar refractivity (Wildman–Crippen MR) is 143 cm³/mol. The van der Waals surface area contributed by atoms with E-state index in [9.17, 15) is 9.18 Å². The summed E-state index contributed by atoms with van der Waals surface area (Å²) in [5.74, 6) is 2.13. The number of anilines is 3. The van der Waals surface area contributed by atoms with Gasteiger partial charge in [-0.1, -0.05) is 13.8 Å². The Morgan fingerprint density at radius 2 is 1.89 bits per heavy atom. The molecule has 37 heavy (non-hydrogen) atoms. The van der Waals surface area contributed by atoms with Gasteiger partial charge in [0.1, 0.15) is 23.1 Å². The van der Waals surface area contributed by atoms with Crippen molar-refractivity contribution in [3.8, 4) is 11.5 Å². The van der Waals surface area contributed by atoms with Gasteiger partial charge in [0.25, 0.3) is 0 Å². The molecule has 0 aliphatic carbocycles. The Labute approximate surface area is 215 Å². The van der Waals surface area contributed by atoms with Gasteiger partial charge in [-0.15, -0.1) is 0 Å². The lowest BCUT2D eigenvalue weighted by atomic mass is 9.97. The van der Waals surface area contributed by atoms with Crippen molar-refractivity contribution in [3.63, 3.8) is 0 Å². The summed E-state index contributed by atoms with van der Waals surface area (Å²) in [6.07, 6.45) is 3.26. The highest BCUT2D eigenvalue weighted by Crippen LogP contribution is 2.30. The van der Waals surface area contributed by atoms with Crippen LogP contribution in [0.25, 0.3) is 11.0 Å². The van der Waals surface area contributed by atoms with E-state index in [1.807, 2.05) is 49.7 Å². The number of halogens is 1. The van der Waals surface area contributed by atoms with Crippen LogP contribution in [0, 0.1) is 11.7 Å². The maximum Gasteiger partial charge on any atom is 0.228 e. The van der Waals surface area contributed by atoms with Gasteiger partial charge in [0.2, 0.25) is 11.9 Å². The van der Waals surface area contributed by atoms with Crippen LogP contribution in [-0.2, 0) is 11.8 Å². The number of hydrogen-bond donors (Lipinski definition) is 3. The molecule has 3 heterocycles. The summed E-state index contributed by atoms with van der Waals surface area (Å²) in [5.41, 5.74) is 3.10. The van der Waals surface area contributed by atoms with Crippen molar-refractivity contribution in [3.05, 3.63) is 66.1 Å². The second-order valence-corrected chi connectivity index (χ2v) is 9.65. The number of hydrogen-bond acceptors (Lipinski definition) is 6. The Morgan fingerprint density at radius 3 is 2.68 bits per heavy atom. The molecule has 8 nitrogen and oxygen atoms in total. The zero-order valence-corrected chi connectivity index (χ0v) is 21.2.